The van der Waals surface area contributed by atoms with Gasteiger partial charge in [0.1, 0.15) is 0 Å². The summed E-state index contributed by atoms with van der Waals surface area (Å²) in [7, 11) is 0. The van der Waals surface area contributed by atoms with E-state index in [4.69, 9.17) is 17.4 Å². The van der Waals surface area contributed by atoms with E-state index in [1.807, 2.05) is 35.7 Å². The van der Waals surface area contributed by atoms with E-state index in [9.17, 15) is 0 Å². The van der Waals surface area contributed by atoms with Crippen molar-refractivity contribution in [2.45, 2.75) is 12.5 Å². The van der Waals surface area contributed by atoms with Gasteiger partial charge in [0, 0.05) is 14.4 Å². The van der Waals surface area contributed by atoms with Crippen molar-refractivity contribution in [3.8, 4) is 0 Å². The van der Waals surface area contributed by atoms with Crippen LogP contribution in [0.25, 0.3) is 0 Å². The summed E-state index contributed by atoms with van der Waals surface area (Å²) in [5.41, 5.74) is 4.06. The summed E-state index contributed by atoms with van der Waals surface area (Å²) in [6, 6.07) is 9.99. The fourth-order valence-corrected chi connectivity index (χ4v) is 3.47. The van der Waals surface area contributed by atoms with Gasteiger partial charge in [0.2, 0.25) is 0 Å². The second-order valence-electron chi connectivity index (χ2n) is 3.68. The van der Waals surface area contributed by atoms with Crippen molar-refractivity contribution in [2.24, 2.45) is 5.84 Å². The van der Waals surface area contributed by atoms with Crippen LogP contribution in [-0.4, -0.2) is 0 Å². The van der Waals surface area contributed by atoms with E-state index in [-0.39, 0.29) is 6.04 Å². The molecule has 1 unspecified atom stereocenters. The van der Waals surface area contributed by atoms with Gasteiger partial charge in [-0.15, -0.1) is 11.3 Å². The van der Waals surface area contributed by atoms with Crippen molar-refractivity contribution in [3.63, 3.8) is 0 Å². The van der Waals surface area contributed by atoms with Crippen molar-refractivity contribution < 1.29 is 0 Å². The molecule has 0 bridgehead atoms. The van der Waals surface area contributed by atoms with Gasteiger partial charge < -0.3 is 0 Å². The van der Waals surface area contributed by atoms with Crippen LogP contribution < -0.4 is 11.3 Å². The molecule has 0 spiro atoms. The van der Waals surface area contributed by atoms with Crippen molar-refractivity contribution in [1.82, 2.24) is 5.43 Å². The van der Waals surface area contributed by atoms with Crippen LogP contribution in [0.1, 0.15) is 16.5 Å². The van der Waals surface area contributed by atoms with E-state index in [1.165, 1.54) is 10.4 Å². The van der Waals surface area contributed by atoms with E-state index in [0.717, 1.165) is 15.9 Å². The number of thiophene rings is 1. The van der Waals surface area contributed by atoms with Crippen LogP contribution in [0.4, 0.5) is 0 Å². The predicted octanol–water partition coefficient (Wildman–Crippen LogP) is 3.91. The summed E-state index contributed by atoms with van der Waals surface area (Å²) in [5.74, 6) is 5.62. The maximum Gasteiger partial charge on any atom is 0.0604 e. The summed E-state index contributed by atoms with van der Waals surface area (Å²) < 4.78 is 1.10. The monoisotopic (exact) mass is 330 g/mol. The summed E-state index contributed by atoms with van der Waals surface area (Å²) in [4.78, 5) is 1.21. The van der Waals surface area contributed by atoms with Gasteiger partial charge in [0.05, 0.1) is 6.04 Å². The lowest BCUT2D eigenvalue weighted by atomic mass is 10.1. The molecule has 0 amide bonds. The highest BCUT2D eigenvalue weighted by atomic mass is 79.9. The van der Waals surface area contributed by atoms with E-state index >= 15 is 0 Å². The third kappa shape index (κ3) is 3.30. The first-order valence-electron chi connectivity index (χ1n) is 5.14. The van der Waals surface area contributed by atoms with Crippen LogP contribution in [0.15, 0.2) is 40.2 Å². The molecule has 0 radical (unpaired) electrons. The van der Waals surface area contributed by atoms with Gasteiger partial charge in [0.15, 0.2) is 0 Å². The molecule has 0 aliphatic rings. The van der Waals surface area contributed by atoms with Crippen LogP contribution in [0.5, 0.6) is 0 Å². The quantitative estimate of drug-likeness (QED) is 0.658. The number of nitrogens with two attached hydrogens (primary N) is 1. The molecule has 17 heavy (non-hydrogen) atoms. The largest absolute Gasteiger partial charge is 0.271 e. The smallest absolute Gasteiger partial charge is 0.0604 e. The van der Waals surface area contributed by atoms with Crippen LogP contribution in [-0.2, 0) is 6.42 Å². The molecular weight excluding hydrogens is 320 g/mol. The fraction of sp³-hybridized carbons (Fsp3) is 0.167. The molecule has 1 aromatic heterocycles. The zero-order valence-electron chi connectivity index (χ0n) is 8.99. The van der Waals surface area contributed by atoms with Crippen molar-refractivity contribution in [3.05, 3.63) is 55.6 Å². The van der Waals surface area contributed by atoms with Crippen LogP contribution in [0.3, 0.4) is 0 Å². The van der Waals surface area contributed by atoms with Crippen molar-refractivity contribution >= 4 is 38.9 Å². The van der Waals surface area contributed by atoms with E-state index in [2.05, 4.69) is 21.4 Å². The molecule has 2 rings (SSSR count). The van der Waals surface area contributed by atoms with E-state index in [0.29, 0.717) is 0 Å². The molecular formula is C12H12BrClN2S. The minimum Gasteiger partial charge on any atom is -0.271 e. The third-order valence-electron chi connectivity index (χ3n) is 2.52. The Bertz CT molecular complexity index is 484. The van der Waals surface area contributed by atoms with Crippen LogP contribution in [0, 0.1) is 0 Å². The van der Waals surface area contributed by atoms with E-state index < -0.39 is 0 Å². The molecule has 0 aliphatic heterocycles. The predicted molar refractivity (Wildman–Crippen MR) is 77.2 cm³/mol. The Morgan fingerprint density at radius 1 is 1.29 bits per heavy atom. The molecule has 0 saturated carbocycles. The first-order valence-corrected chi connectivity index (χ1v) is 7.19. The minimum atomic E-state index is 0.116. The molecule has 90 valence electrons. The lowest BCUT2D eigenvalue weighted by Gasteiger charge is -2.15. The molecule has 0 fully saturated rings. The maximum absolute atomic E-state index is 5.86. The number of hydrazine groups is 1. The van der Waals surface area contributed by atoms with Gasteiger partial charge in [-0.25, -0.2) is 0 Å². The maximum atomic E-state index is 5.86. The lowest BCUT2D eigenvalue weighted by molar-refractivity contribution is 0.559. The number of rotatable bonds is 4. The molecule has 5 heteroatoms. The highest BCUT2D eigenvalue weighted by Gasteiger charge is 2.14. The SMILES string of the molecule is NNC(Cc1ccc(Cl)cc1)c1sccc1Br. The summed E-state index contributed by atoms with van der Waals surface area (Å²) in [5, 5.41) is 2.80. The summed E-state index contributed by atoms with van der Waals surface area (Å²) in [6.45, 7) is 0. The lowest BCUT2D eigenvalue weighted by Crippen LogP contribution is -2.29. The highest BCUT2D eigenvalue weighted by molar-refractivity contribution is 9.10. The van der Waals surface area contributed by atoms with Crippen molar-refractivity contribution in [1.29, 1.82) is 0 Å². The zero-order chi connectivity index (χ0) is 12.3. The molecule has 0 saturated heterocycles. The second-order valence-corrected chi connectivity index (χ2v) is 5.92. The molecule has 0 aliphatic carbocycles. The Hall–Kier alpha value is -0.390. The molecule has 1 heterocycles. The highest BCUT2D eigenvalue weighted by Crippen LogP contribution is 2.30. The normalized spacial score (nSPS) is 12.6. The Morgan fingerprint density at radius 3 is 2.53 bits per heavy atom. The van der Waals surface area contributed by atoms with Crippen LogP contribution >= 0.6 is 38.9 Å². The van der Waals surface area contributed by atoms with Gasteiger partial charge in [-0.1, -0.05) is 23.7 Å². The van der Waals surface area contributed by atoms with Crippen molar-refractivity contribution in [2.75, 3.05) is 0 Å². The standard InChI is InChI=1S/C12H12BrClN2S/c13-10-5-6-17-12(10)11(16-15)7-8-1-3-9(14)4-2-8/h1-6,11,16H,7,15H2. The van der Waals surface area contributed by atoms with Gasteiger partial charge in [-0.2, -0.15) is 0 Å². The Balaban J connectivity index is 2.16. The van der Waals surface area contributed by atoms with Gasteiger partial charge in [0.25, 0.3) is 0 Å². The Labute approximate surface area is 118 Å². The summed E-state index contributed by atoms with van der Waals surface area (Å²) >= 11 is 11.1. The Kier molecular flexibility index (Phi) is 4.59. The minimum absolute atomic E-state index is 0.116. The molecule has 2 aromatic rings. The average Bonchev–Trinajstić information content (AvgIpc) is 2.75. The number of hydrogen-bond donors (Lipinski definition) is 2. The fourth-order valence-electron chi connectivity index (χ4n) is 1.64. The zero-order valence-corrected chi connectivity index (χ0v) is 12.1. The number of halogens is 2. The molecule has 1 aromatic carbocycles. The van der Waals surface area contributed by atoms with Crippen LogP contribution in [0.2, 0.25) is 5.02 Å². The number of benzene rings is 1. The topological polar surface area (TPSA) is 38.0 Å². The Morgan fingerprint density at radius 2 is 2.00 bits per heavy atom. The van der Waals surface area contributed by atoms with Gasteiger partial charge >= 0.3 is 0 Å². The van der Waals surface area contributed by atoms with E-state index in [1.54, 1.807) is 11.3 Å². The first kappa shape index (κ1) is 13.1. The molecule has 3 N–H and O–H groups in total. The molecule has 1 atom stereocenters. The molecule has 2 nitrogen and oxygen atoms in total. The van der Waals surface area contributed by atoms with Gasteiger partial charge in [-0.3, -0.25) is 11.3 Å². The first-order chi connectivity index (χ1) is 8.20. The average molecular weight is 332 g/mol. The number of hydrogen-bond acceptors (Lipinski definition) is 3. The summed E-state index contributed by atoms with van der Waals surface area (Å²) in [6.07, 6.45) is 0.840. The van der Waals surface area contributed by atoms with Gasteiger partial charge in [-0.05, 0) is 51.5 Å². The number of nitrogens with one attached hydrogen (secondary N) is 1. The third-order valence-corrected chi connectivity index (χ3v) is 4.75. The second kappa shape index (κ2) is 5.98.